The normalized spacial score (nSPS) is 50.8. The molecule has 14 heteroatoms. The largest absolute Gasteiger partial charge is 1.00 e. The van der Waals surface area contributed by atoms with Gasteiger partial charge in [0.15, 0.2) is 6.29 Å². The number of hydrogen-bond donors (Lipinski definition) is 5. The van der Waals surface area contributed by atoms with Gasteiger partial charge in [-0.15, -0.1) is 0 Å². The van der Waals surface area contributed by atoms with Crippen LogP contribution in [0.25, 0.3) is 0 Å². The molecule has 1 amide bonds. The Bertz CT molecular complexity index is 1320. The number of hydrogen-bond acceptors (Lipinski definition) is 11. The third kappa shape index (κ3) is 7.73. The molecule has 0 aromatic carbocycles. The molecule has 0 bridgehead atoms. The Balaban J connectivity index is 0.00000351. The number of fused-ring (bicyclic) bond motifs is 5. The number of rotatable bonds is 9. The van der Waals surface area contributed by atoms with Crippen LogP contribution in [0.2, 0.25) is 0 Å². The average Bonchev–Trinajstić information content (AvgIpc) is 3.36. The van der Waals surface area contributed by atoms with Crippen molar-refractivity contribution < 1.29 is 120 Å². The van der Waals surface area contributed by atoms with E-state index < -0.39 is 85.5 Å². The smallest absolute Gasteiger partial charge is 0.548 e. The monoisotopic (exact) mass is 674 g/mol. The first-order valence-electron chi connectivity index (χ1n) is 18.3. The molecule has 46 heavy (non-hydrogen) atoms. The van der Waals surface area contributed by atoms with E-state index in [0.29, 0.717) is 12.8 Å². The summed E-state index contributed by atoms with van der Waals surface area (Å²) in [7, 11) is 0. The van der Waals surface area contributed by atoms with E-state index in [4.69, 9.17) is 12.2 Å². The Labute approximate surface area is 322 Å². The number of aliphatic hydroxyl groups is 4. The maximum absolute atomic E-state index is 12.2. The second-order valence-corrected chi connectivity index (χ2v) is 14.2. The molecule has 1 heterocycles. The number of carbonyl (C=O) groups excluding carboxylic acids is 3. The zero-order valence-corrected chi connectivity index (χ0v) is 31.4. The van der Waals surface area contributed by atoms with Crippen LogP contribution in [0.3, 0.4) is 0 Å². The predicted molar refractivity (Wildman–Crippen MR) is 150 cm³/mol. The molecule has 1 unspecified atom stereocenters. The van der Waals surface area contributed by atoms with Gasteiger partial charge in [-0.3, -0.25) is 4.79 Å². The van der Waals surface area contributed by atoms with Crippen LogP contribution in [0.5, 0.6) is 0 Å². The number of carbonyl (C=O) groups is 3. The molecule has 5 fully saturated rings. The van der Waals surface area contributed by atoms with Crippen LogP contribution < -0.4 is 74.6 Å². The molecule has 15 atom stereocenters. The van der Waals surface area contributed by atoms with E-state index in [-0.39, 0.29) is 119 Å². The molecular formula is C32H49NNa2O11. The summed E-state index contributed by atoms with van der Waals surface area (Å²) in [4.78, 5) is 34.4. The fraction of sp³-hybridized carbons (Fsp3) is 0.906. The Morgan fingerprint density at radius 3 is 2.35 bits per heavy atom. The van der Waals surface area contributed by atoms with Crippen molar-refractivity contribution in [3.63, 3.8) is 0 Å². The molecule has 12 nitrogen and oxygen atoms in total. The van der Waals surface area contributed by atoms with Crippen molar-refractivity contribution in [2.75, 3.05) is 6.54 Å². The van der Waals surface area contributed by atoms with Crippen LogP contribution in [0.15, 0.2) is 0 Å². The summed E-state index contributed by atoms with van der Waals surface area (Å²) >= 11 is 0. The summed E-state index contributed by atoms with van der Waals surface area (Å²) in [6.45, 7) is 5.53. The number of carboxylic acid groups (broad SMARTS) is 2. The van der Waals surface area contributed by atoms with Crippen molar-refractivity contribution >= 4 is 17.8 Å². The minimum atomic E-state index is -3.09. The molecule has 5 N–H and O–H groups in total. The standard InChI is InChI=1S/C32H51NO11.2Na/c1-15(4-7-22(35)33-14-23(36)37)18-5-6-19-24-20(9-11-32(18,19)3)31(2)10-8-17(12-16(31)13-21(24)34)43-30-27(40)25(38)26(39)28(44-30)29(41)42;;/h15-21,24-28,30,34,38-40H,4-14H2,1-3H3,(H,33,35)(H,36,37)(H,41,42);;/q;2*+1/p-2/t15-,16+,17-,18-,19+,20+,21-,24+,25?,26+,27-,28+,30-,31+,32-;;/m1../s1/i8D2,12D2,17D;;. The molecule has 0 spiro atoms. The summed E-state index contributed by atoms with van der Waals surface area (Å²) in [6, 6.07) is 0. The topological polar surface area (TPSA) is 209 Å². The molecule has 0 aromatic rings. The quantitative estimate of drug-likeness (QED) is 0.115. The number of aliphatic carboxylic acids is 2. The maximum atomic E-state index is 12.2. The second kappa shape index (κ2) is 16.0. The third-order valence-corrected chi connectivity index (χ3v) is 11.9. The van der Waals surface area contributed by atoms with Crippen molar-refractivity contribution in [2.45, 2.75) is 128 Å². The Kier molecular flexibility index (Phi) is 11.6. The van der Waals surface area contributed by atoms with E-state index in [1.807, 2.05) is 0 Å². The summed E-state index contributed by atoms with van der Waals surface area (Å²) in [5, 5.41) is 67.3. The fourth-order valence-corrected chi connectivity index (χ4v) is 9.51. The van der Waals surface area contributed by atoms with Gasteiger partial charge in [0.05, 0.1) is 32.0 Å². The summed E-state index contributed by atoms with van der Waals surface area (Å²) < 4.78 is 56.5. The van der Waals surface area contributed by atoms with E-state index in [1.165, 1.54) is 0 Å². The molecule has 1 saturated heterocycles. The van der Waals surface area contributed by atoms with Crippen molar-refractivity contribution in [1.29, 1.82) is 0 Å². The maximum Gasteiger partial charge on any atom is 1.00 e. The molecular weight excluding hydrogens is 620 g/mol. The van der Waals surface area contributed by atoms with Crippen LogP contribution in [0.1, 0.15) is 91.7 Å². The van der Waals surface area contributed by atoms with Crippen molar-refractivity contribution in [2.24, 2.45) is 46.3 Å². The van der Waals surface area contributed by atoms with Crippen LogP contribution >= 0.6 is 0 Å². The Morgan fingerprint density at radius 2 is 1.70 bits per heavy atom. The summed E-state index contributed by atoms with van der Waals surface area (Å²) in [5.41, 5.74) is -1.25. The van der Waals surface area contributed by atoms with Crippen LogP contribution in [0.4, 0.5) is 0 Å². The van der Waals surface area contributed by atoms with E-state index in [0.717, 1.165) is 19.3 Å². The average molecular weight is 675 g/mol. The van der Waals surface area contributed by atoms with Crippen molar-refractivity contribution in [3.8, 4) is 0 Å². The third-order valence-electron chi connectivity index (χ3n) is 11.9. The van der Waals surface area contributed by atoms with Gasteiger partial charge in [-0.25, -0.2) is 0 Å². The van der Waals surface area contributed by atoms with E-state index in [9.17, 15) is 49.1 Å². The zero-order valence-electron chi connectivity index (χ0n) is 32.4. The second-order valence-electron chi connectivity index (χ2n) is 14.2. The van der Waals surface area contributed by atoms with Gasteiger partial charge in [0.1, 0.15) is 24.4 Å². The molecule has 0 aromatic heterocycles. The van der Waals surface area contributed by atoms with E-state index in [1.54, 1.807) is 6.92 Å². The number of aliphatic hydroxyl groups excluding tert-OH is 4. The van der Waals surface area contributed by atoms with Crippen LogP contribution in [0, 0.1) is 46.3 Å². The first-order chi connectivity index (χ1) is 22.5. The van der Waals surface area contributed by atoms with Crippen molar-refractivity contribution in [1.82, 2.24) is 5.32 Å². The van der Waals surface area contributed by atoms with E-state index in [2.05, 4.69) is 19.2 Å². The van der Waals surface area contributed by atoms with Crippen LogP contribution in [-0.4, -0.2) is 87.7 Å². The van der Waals surface area contributed by atoms with E-state index >= 15 is 0 Å². The molecule has 5 rings (SSSR count). The van der Waals surface area contributed by atoms with Crippen molar-refractivity contribution in [3.05, 3.63) is 0 Å². The molecule has 1 aliphatic heterocycles. The Hall–Kier alpha value is 0.170. The molecule has 5 aliphatic rings. The molecule has 4 saturated carbocycles. The van der Waals surface area contributed by atoms with Gasteiger partial charge in [-0.2, -0.15) is 0 Å². The van der Waals surface area contributed by atoms with Crippen LogP contribution in [-0.2, 0) is 23.9 Å². The fourth-order valence-electron chi connectivity index (χ4n) is 9.51. The number of nitrogens with one attached hydrogen (secondary N) is 1. The van der Waals surface area contributed by atoms with Gasteiger partial charge in [0.2, 0.25) is 5.91 Å². The Morgan fingerprint density at radius 1 is 1.02 bits per heavy atom. The van der Waals surface area contributed by atoms with Gasteiger partial charge >= 0.3 is 59.1 Å². The molecule has 0 radical (unpaired) electrons. The first-order valence-corrected chi connectivity index (χ1v) is 15.8. The molecule has 4 aliphatic carbocycles. The number of carboxylic acids is 2. The number of amides is 1. The van der Waals surface area contributed by atoms with Gasteiger partial charge < -0.3 is 55.0 Å². The predicted octanol–water partition coefficient (Wildman–Crippen LogP) is -7.15. The number of ether oxygens (including phenoxy) is 2. The SMILES string of the molecule is [2H]C1([2H])C[C@@]2(C)[C@H](C[C@@H](O)[C@@H]3[C@@H]2CC[C@]2(C)[C@@H]([C@H](C)CCC(=O)NCC(=O)[O-])CC[C@@H]32)C([2H])([2H])[C@]1([2H])O[C@@H]1O[C@H](C(=O)[O-])[C@@H](O)C(O)[C@H]1O.[Na+].[Na+]. The van der Waals surface area contributed by atoms with Gasteiger partial charge in [0, 0.05) is 11.9 Å². The van der Waals surface area contributed by atoms with Gasteiger partial charge in [-0.1, -0.05) is 20.8 Å². The minimum Gasteiger partial charge on any atom is -0.548 e. The minimum absolute atomic E-state index is 0. The summed E-state index contributed by atoms with van der Waals surface area (Å²) in [6.07, 6.45) is -17.2. The summed E-state index contributed by atoms with van der Waals surface area (Å²) in [5.74, 6) is -5.00. The molecule has 250 valence electrons. The van der Waals surface area contributed by atoms with Gasteiger partial charge in [0.25, 0.3) is 0 Å². The first kappa shape index (κ1) is 33.3. The van der Waals surface area contributed by atoms with Gasteiger partial charge in [-0.05, 0) is 104 Å². The zero-order chi connectivity index (χ0) is 36.6.